The van der Waals surface area contributed by atoms with Gasteiger partial charge in [0.2, 0.25) is 5.91 Å². The van der Waals surface area contributed by atoms with E-state index >= 15 is 0 Å². The van der Waals surface area contributed by atoms with Crippen LogP contribution in [0.15, 0.2) is 60.8 Å². The Morgan fingerprint density at radius 3 is 2.68 bits per heavy atom. The zero-order chi connectivity index (χ0) is 22.1. The Morgan fingerprint density at radius 2 is 1.94 bits per heavy atom. The van der Waals surface area contributed by atoms with Crippen molar-refractivity contribution in [3.8, 4) is 0 Å². The first kappa shape index (κ1) is 20.8. The number of nitrogens with zero attached hydrogens (tertiary/aromatic N) is 2. The summed E-state index contributed by atoms with van der Waals surface area (Å²) in [6.07, 6.45) is 2.13. The van der Waals surface area contributed by atoms with Crippen molar-refractivity contribution in [2.75, 3.05) is 0 Å². The van der Waals surface area contributed by atoms with E-state index in [4.69, 9.17) is 17.3 Å². The number of carbonyl (C=O) groups excluding carboxylic acids is 2. The summed E-state index contributed by atoms with van der Waals surface area (Å²) in [6, 6.07) is 13.6. The lowest BCUT2D eigenvalue weighted by Crippen LogP contribution is -2.42. The topological polar surface area (TPSA) is 90.3 Å². The summed E-state index contributed by atoms with van der Waals surface area (Å²) in [5, 5.41) is 12.5. The highest BCUT2D eigenvalue weighted by Crippen LogP contribution is 2.40. The van der Waals surface area contributed by atoms with Gasteiger partial charge in [-0.3, -0.25) is 9.59 Å². The van der Waals surface area contributed by atoms with E-state index in [1.165, 1.54) is 29.3 Å². The van der Waals surface area contributed by atoms with Crippen molar-refractivity contribution in [3.63, 3.8) is 0 Å². The van der Waals surface area contributed by atoms with Crippen LogP contribution in [0.3, 0.4) is 0 Å². The van der Waals surface area contributed by atoms with Crippen LogP contribution >= 0.6 is 11.6 Å². The molecule has 0 radical (unpaired) electrons. The van der Waals surface area contributed by atoms with E-state index in [1.54, 1.807) is 36.4 Å². The largest absolute Gasteiger partial charge is 0.618 e. The number of fused-ring (bicyclic) bond motifs is 1. The number of primary amides is 1. The highest BCUT2D eigenvalue weighted by atomic mass is 35.5. The zero-order valence-corrected chi connectivity index (χ0v) is 17.2. The average molecular weight is 440 g/mol. The van der Waals surface area contributed by atoms with Gasteiger partial charge in [-0.05, 0) is 53.8 Å². The Bertz CT molecular complexity index is 1180. The summed E-state index contributed by atoms with van der Waals surface area (Å²) in [4.78, 5) is 26.9. The smallest absolute Gasteiger partial charge is 0.320 e. The van der Waals surface area contributed by atoms with Crippen molar-refractivity contribution in [2.45, 2.75) is 25.4 Å². The summed E-state index contributed by atoms with van der Waals surface area (Å²) >= 11 is 6.09. The summed E-state index contributed by atoms with van der Waals surface area (Å²) in [6.45, 7) is 0.0189. The van der Waals surface area contributed by atoms with Gasteiger partial charge in [0, 0.05) is 29.3 Å². The van der Waals surface area contributed by atoms with Crippen molar-refractivity contribution < 1.29 is 18.7 Å². The minimum atomic E-state index is -0.623. The molecule has 0 bridgehead atoms. The van der Waals surface area contributed by atoms with E-state index in [2.05, 4.69) is 0 Å². The molecule has 3 aromatic rings. The number of amides is 2. The minimum Gasteiger partial charge on any atom is -0.618 e. The van der Waals surface area contributed by atoms with Crippen molar-refractivity contribution in [1.82, 2.24) is 4.90 Å². The van der Waals surface area contributed by atoms with Crippen LogP contribution in [0.5, 0.6) is 0 Å². The van der Waals surface area contributed by atoms with Crippen LogP contribution in [-0.4, -0.2) is 16.7 Å². The predicted molar refractivity (Wildman–Crippen MR) is 113 cm³/mol. The van der Waals surface area contributed by atoms with Crippen LogP contribution in [0, 0.1) is 11.0 Å². The Morgan fingerprint density at radius 1 is 1.19 bits per heavy atom. The standard InChI is InChI=1S/C23H19ClFN3O3/c24-15-11-18-17(19(25)12-15)8-9-20(18)27(23(30)21-7-3-4-10-28(21)31)13-14-5-1-2-6-16(14)22(26)29/h1-7,10-12,20H,8-9,13H2,(H2,26,29)/t20-/m1/s1. The molecule has 1 aliphatic carbocycles. The van der Waals surface area contributed by atoms with Gasteiger partial charge in [0.1, 0.15) is 5.82 Å². The maximum atomic E-state index is 14.5. The zero-order valence-electron chi connectivity index (χ0n) is 16.4. The molecule has 2 N–H and O–H groups in total. The number of hydrogen-bond donors (Lipinski definition) is 1. The molecule has 6 nitrogen and oxygen atoms in total. The Balaban J connectivity index is 1.81. The van der Waals surface area contributed by atoms with Crippen LogP contribution in [0.1, 0.15) is 50.0 Å². The Hall–Kier alpha value is -3.45. The molecule has 0 spiro atoms. The van der Waals surface area contributed by atoms with Crippen LogP contribution in [0.25, 0.3) is 0 Å². The van der Waals surface area contributed by atoms with Crippen LogP contribution in [0.4, 0.5) is 4.39 Å². The molecule has 4 rings (SSSR count). The van der Waals surface area contributed by atoms with Gasteiger partial charge >= 0.3 is 5.91 Å². The Labute approximate surface area is 183 Å². The molecule has 1 aromatic heterocycles. The molecule has 158 valence electrons. The molecule has 31 heavy (non-hydrogen) atoms. The summed E-state index contributed by atoms with van der Waals surface area (Å²) in [5.74, 6) is -1.58. The Kier molecular flexibility index (Phi) is 5.61. The number of halogens is 2. The van der Waals surface area contributed by atoms with Crippen LogP contribution < -0.4 is 10.5 Å². The summed E-state index contributed by atoms with van der Waals surface area (Å²) in [5.41, 5.74) is 7.34. The number of hydrogen-bond acceptors (Lipinski definition) is 3. The van der Waals surface area contributed by atoms with E-state index in [-0.39, 0.29) is 22.8 Å². The van der Waals surface area contributed by atoms with Gasteiger partial charge in [-0.25, -0.2) is 4.39 Å². The average Bonchev–Trinajstić information content (AvgIpc) is 3.16. The van der Waals surface area contributed by atoms with E-state index in [9.17, 15) is 19.2 Å². The molecule has 2 aromatic carbocycles. The van der Waals surface area contributed by atoms with Crippen molar-refractivity contribution in [1.29, 1.82) is 0 Å². The molecule has 1 heterocycles. The SMILES string of the molecule is NC(=O)c1ccccc1CN(C(=O)c1cccc[n+]1[O-])[C@@H]1CCc2c(F)cc(Cl)cc21. The van der Waals surface area contributed by atoms with Crippen molar-refractivity contribution >= 4 is 23.4 Å². The molecular formula is C23H19ClFN3O3. The number of nitrogens with two attached hydrogens (primary N) is 1. The molecule has 1 atom stereocenters. The molecule has 0 saturated heterocycles. The molecule has 1 aliphatic rings. The maximum Gasteiger partial charge on any atom is 0.320 e. The van der Waals surface area contributed by atoms with Gasteiger partial charge in [-0.2, -0.15) is 4.73 Å². The lowest BCUT2D eigenvalue weighted by molar-refractivity contribution is -0.608. The van der Waals surface area contributed by atoms with Gasteiger partial charge in [0.25, 0.3) is 5.69 Å². The molecule has 8 heteroatoms. The number of pyridine rings is 1. The molecule has 0 aliphatic heterocycles. The fraction of sp³-hybridized carbons (Fsp3) is 0.174. The highest BCUT2D eigenvalue weighted by Gasteiger charge is 2.36. The van der Waals surface area contributed by atoms with Gasteiger partial charge < -0.3 is 15.8 Å². The number of rotatable bonds is 5. The normalized spacial score (nSPS) is 14.8. The molecular weight excluding hydrogens is 421 g/mol. The molecule has 0 fully saturated rings. The van der Waals surface area contributed by atoms with Crippen molar-refractivity contribution in [3.05, 3.63) is 105 Å². The van der Waals surface area contributed by atoms with Gasteiger partial charge in [-0.1, -0.05) is 29.8 Å². The molecule has 2 amide bonds. The quantitative estimate of drug-likeness (QED) is 0.487. The summed E-state index contributed by atoms with van der Waals surface area (Å²) < 4.78 is 15.0. The predicted octanol–water partition coefficient (Wildman–Crippen LogP) is 3.54. The van der Waals surface area contributed by atoms with E-state index in [1.807, 2.05) is 0 Å². The lowest BCUT2D eigenvalue weighted by atomic mass is 10.0. The van der Waals surface area contributed by atoms with Gasteiger partial charge in [-0.15, -0.1) is 0 Å². The first-order valence-electron chi connectivity index (χ1n) is 9.71. The monoisotopic (exact) mass is 439 g/mol. The third-order valence-corrected chi connectivity index (χ3v) is 5.74. The number of carbonyl (C=O) groups is 2. The molecule has 0 saturated carbocycles. The minimum absolute atomic E-state index is 0.0189. The van der Waals surface area contributed by atoms with Crippen molar-refractivity contribution in [2.24, 2.45) is 5.73 Å². The fourth-order valence-corrected chi connectivity index (χ4v) is 4.30. The fourth-order valence-electron chi connectivity index (χ4n) is 4.09. The van der Waals surface area contributed by atoms with Gasteiger partial charge in [0.05, 0.1) is 6.04 Å². The third kappa shape index (κ3) is 3.96. The highest BCUT2D eigenvalue weighted by molar-refractivity contribution is 6.30. The first-order chi connectivity index (χ1) is 14.9. The van der Waals surface area contributed by atoms with E-state index in [0.29, 0.717) is 34.3 Å². The molecule has 0 unspecified atom stereocenters. The van der Waals surface area contributed by atoms with Crippen LogP contribution in [-0.2, 0) is 13.0 Å². The van der Waals surface area contributed by atoms with E-state index in [0.717, 1.165) is 0 Å². The number of aromatic nitrogens is 1. The summed E-state index contributed by atoms with van der Waals surface area (Å²) in [7, 11) is 0. The third-order valence-electron chi connectivity index (χ3n) is 5.53. The number of benzene rings is 2. The second kappa shape index (κ2) is 8.35. The van der Waals surface area contributed by atoms with Crippen LogP contribution in [0.2, 0.25) is 5.02 Å². The van der Waals surface area contributed by atoms with Gasteiger partial charge in [0.15, 0.2) is 6.20 Å². The second-order valence-electron chi connectivity index (χ2n) is 7.38. The second-order valence-corrected chi connectivity index (χ2v) is 7.81. The van der Waals surface area contributed by atoms with E-state index < -0.39 is 23.7 Å². The maximum absolute atomic E-state index is 14.5. The lowest BCUT2D eigenvalue weighted by Gasteiger charge is -2.30. The first-order valence-corrected chi connectivity index (χ1v) is 10.1.